The van der Waals surface area contributed by atoms with Gasteiger partial charge >= 0.3 is 0 Å². The molecule has 1 saturated heterocycles. The largest absolute Gasteiger partial charge is 0.373 e. The van der Waals surface area contributed by atoms with Crippen LogP contribution in [0.3, 0.4) is 0 Å². The summed E-state index contributed by atoms with van der Waals surface area (Å²) in [5.74, 6) is 0.914. The number of anilines is 1. The zero-order chi connectivity index (χ0) is 14.3. The normalized spacial score (nSPS) is 25.2. The van der Waals surface area contributed by atoms with E-state index in [-0.39, 0.29) is 30.2 Å². The minimum atomic E-state index is -0.101. The third kappa shape index (κ3) is 2.05. The van der Waals surface area contributed by atoms with E-state index >= 15 is 0 Å². The fourth-order valence-electron chi connectivity index (χ4n) is 3.19. The Balaban J connectivity index is 1.83. The Hall–Kier alpha value is -1.98. The molecule has 6 heteroatoms. The van der Waals surface area contributed by atoms with Crippen molar-refractivity contribution in [3.8, 4) is 0 Å². The Kier molecular flexibility index (Phi) is 3.16. The molecular weight excluding hydrogens is 256 g/mol. The molecule has 2 unspecified atom stereocenters. The van der Waals surface area contributed by atoms with Crippen LogP contribution in [0, 0.1) is 18.8 Å². The lowest BCUT2D eigenvalue weighted by Crippen LogP contribution is -2.32. The number of nitrogens with zero attached hydrogens (tertiary/aromatic N) is 3. The Morgan fingerprint density at radius 1 is 1.25 bits per heavy atom. The van der Waals surface area contributed by atoms with Crippen LogP contribution in [-0.2, 0) is 16.1 Å². The molecule has 1 aliphatic heterocycles. The molecule has 1 aromatic rings. The van der Waals surface area contributed by atoms with Crippen LogP contribution in [0.15, 0.2) is 6.07 Å². The van der Waals surface area contributed by atoms with Crippen molar-refractivity contribution in [2.24, 2.45) is 11.8 Å². The summed E-state index contributed by atoms with van der Waals surface area (Å²) in [6.07, 6.45) is 2.65. The average molecular weight is 274 g/mol. The maximum atomic E-state index is 12.3. The minimum Gasteiger partial charge on any atom is -0.373 e. The molecule has 1 aromatic heterocycles. The number of rotatable bonds is 3. The predicted molar refractivity (Wildman–Crippen MR) is 72.7 cm³/mol. The quantitative estimate of drug-likeness (QED) is 0.836. The molecule has 1 saturated carbocycles. The first-order valence-corrected chi connectivity index (χ1v) is 6.97. The number of carbonyl (C=O) groups is 2. The SMILES string of the molecule is CNc1cc(C)nc(CN2C(=O)C3CCCC3C2=O)n1. The van der Waals surface area contributed by atoms with Gasteiger partial charge in [0, 0.05) is 18.8 Å². The number of amides is 2. The van der Waals surface area contributed by atoms with Crippen molar-refractivity contribution in [1.82, 2.24) is 14.9 Å². The van der Waals surface area contributed by atoms with Crippen LogP contribution in [0.5, 0.6) is 0 Å². The van der Waals surface area contributed by atoms with Crippen molar-refractivity contribution in [3.63, 3.8) is 0 Å². The smallest absolute Gasteiger partial charge is 0.233 e. The lowest BCUT2D eigenvalue weighted by atomic mass is 10.00. The fourth-order valence-corrected chi connectivity index (χ4v) is 3.19. The van der Waals surface area contributed by atoms with Gasteiger partial charge in [-0.15, -0.1) is 0 Å². The van der Waals surface area contributed by atoms with Crippen LogP contribution >= 0.6 is 0 Å². The summed E-state index contributed by atoms with van der Waals surface area (Å²) in [5.41, 5.74) is 0.818. The molecule has 0 spiro atoms. The van der Waals surface area contributed by atoms with E-state index in [4.69, 9.17) is 0 Å². The van der Waals surface area contributed by atoms with E-state index in [0.29, 0.717) is 11.6 Å². The Bertz CT molecular complexity index is 550. The molecule has 2 atom stereocenters. The summed E-state index contributed by atoms with van der Waals surface area (Å²) >= 11 is 0. The van der Waals surface area contributed by atoms with Gasteiger partial charge < -0.3 is 5.32 Å². The van der Waals surface area contributed by atoms with Gasteiger partial charge in [-0.25, -0.2) is 9.97 Å². The molecule has 2 fully saturated rings. The van der Waals surface area contributed by atoms with E-state index in [0.717, 1.165) is 25.0 Å². The fraction of sp³-hybridized carbons (Fsp3) is 0.571. The topological polar surface area (TPSA) is 75.2 Å². The van der Waals surface area contributed by atoms with Crippen molar-refractivity contribution in [1.29, 1.82) is 0 Å². The van der Waals surface area contributed by atoms with Crippen LogP contribution in [-0.4, -0.2) is 33.7 Å². The summed E-state index contributed by atoms with van der Waals surface area (Å²) in [5, 5.41) is 2.96. The zero-order valence-corrected chi connectivity index (χ0v) is 11.7. The van der Waals surface area contributed by atoms with E-state index < -0.39 is 0 Å². The molecule has 6 nitrogen and oxygen atoms in total. The van der Waals surface area contributed by atoms with Gasteiger partial charge in [-0.2, -0.15) is 0 Å². The molecule has 106 valence electrons. The molecule has 2 amide bonds. The Labute approximate surface area is 117 Å². The second kappa shape index (κ2) is 4.85. The van der Waals surface area contributed by atoms with Gasteiger partial charge in [0.25, 0.3) is 0 Å². The second-order valence-corrected chi connectivity index (χ2v) is 5.47. The van der Waals surface area contributed by atoms with Crippen LogP contribution in [0.1, 0.15) is 30.8 Å². The first kappa shape index (κ1) is 13.0. The van der Waals surface area contributed by atoms with Crippen molar-refractivity contribution in [2.75, 3.05) is 12.4 Å². The molecule has 2 heterocycles. The maximum absolute atomic E-state index is 12.3. The third-order valence-electron chi connectivity index (χ3n) is 4.14. The highest BCUT2D eigenvalue weighted by Gasteiger charge is 2.49. The molecule has 2 aliphatic rings. The molecule has 0 bridgehead atoms. The van der Waals surface area contributed by atoms with E-state index in [1.54, 1.807) is 7.05 Å². The Morgan fingerprint density at radius 3 is 2.50 bits per heavy atom. The average Bonchev–Trinajstić information content (AvgIpc) is 2.98. The van der Waals surface area contributed by atoms with E-state index in [1.165, 1.54) is 4.90 Å². The van der Waals surface area contributed by atoms with Crippen LogP contribution in [0.4, 0.5) is 5.82 Å². The number of likely N-dealkylation sites (tertiary alicyclic amines) is 1. The van der Waals surface area contributed by atoms with Gasteiger partial charge in [-0.3, -0.25) is 14.5 Å². The number of hydrogen-bond acceptors (Lipinski definition) is 5. The molecule has 0 radical (unpaired) electrons. The molecule has 3 rings (SSSR count). The molecular formula is C14H18N4O2. The van der Waals surface area contributed by atoms with Gasteiger partial charge in [0.15, 0.2) is 5.82 Å². The van der Waals surface area contributed by atoms with Gasteiger partial charge in [-0.05, 0) is 19.8 Å². The highest BCUT2D eigenvalue weighted by atomic mass is 16.2. The van der Waals surface area contributed by atoms with Gasteiger partial charge in [0.2, 0.25) is 11.8 Å². The monoisotopic (exact) mass is 274 g/mol. The van der Waals surface area contributed by atoms with E-state index in [2.05, 4.69) is 15.3 Å². The summed E-state index contributed by atoms with van der Waals surface area (Å²) in [6.45, 7) is 2.05. The summed E-state index contributed by atoms with van der Waals surface area (Å²) < 4.78 is 0. The highest BCUT2D eigenvalue weighted by molar-refractivity contribution is 6.05. The number of aryl methyl sites for hydroxylation is 1. The number of aromatic nitrogens is 2. The van der Waals surface area contributed by atoms with Crippen LogP contribution < -0.4 is 5.32 Å². The maximum Gasteiger partial charge on any atom is 0.233 e. The predicted octanol–water partition coefficient (Wildman–Crippen LogP) is 1.11. The van der Waals surface area contributed by atoms with E-state index in [1.807, 2.05) is 13.0 Å². The van der Waals surface area contributed by atoms with Crippen molar-refractivity contribution >= 4 is 17.6 Å². The number of fused-ring (bicyclic) bond motifs is 1. The van der Waals surface area contributed by atoms with Crippen LogP contribution in [0.25, 0.3) is 0 Å². The molecule has 1 N–H and O–H groups in total. The summed E-state index contributed by atoms with van der Waals surface area (Å²) in [6, 6.07) is 1.83. The zero-order valence-electron chi connectivity index (χ0n) is 11.7. The first-order valence-electron chi connectivity index (χ1n) is 6.97. The van der Waals surface area contributed by atoms with E-state index in [9.17, 15) is 9.59 Å². The van der Waals surface area contributed by atoms with Crippen molar-refractivity contribution in [2.45, 2.75) is 32.7 Å². The Morgan fingerprint density at radius 2 is 1.90 bits per heavy atom. The van der Waals surface area contributed by atoms with Gasteiger partial charge in [-0.1, -0.05) is 6.42 Å². The van der Waals surface area contributed by atoms with Crippen LogP contribution in [0.2, 0.25) is 0 Å². The summed E-state index contributed by atoms with van der Waals surface area (Å²) in [4.78, 5) is 34.5. The number of nitrogens with one attached hydrogen (secondary N) is 1. The van der Waals surface area contributed by atoms with Gasteiger partial charge in [0.1, 0.15) is 5.82 Å². The van der Waals surface area contributed by atoms with Crippen molar-refractivity contribution in [3.05, 3.63) is 17.6 Å². The highest BCUT2D eigenvalue weighted by Crippen LogP contribution is 2.40. The van der Waals surface area contributed by atoms with Crippen molar-refractivity contribution < 1.29 is 9.59 Å². The lowest BCUT2D eigenvalue weighted by molar-refractivity contribution is -0.141. The second-order valence-electron chi connectivity index (χ2n) is 5.47. The number of hydrogen-bond donors (Lipinski definition) is 1. The lowest BCUT2D eigenvalue weighted by Gasteiger charge is -2.15. The molecule has 1 aliphatic carbocycles. The standard InChI is InChI=1S/C14H18N4O2/c1-8-6-11(15-2)17-12(16-8)7-18-13(19)9-4-3-5-10(9)14(18)20/h6,9-10H,3-5,7H2,1-2H3,(H,15,16,17). The number of imide groups is 1. The first-order chi connectivity index (χ1) is 9.60. The van der Waals surface area contributed by atoms with Gasteiger partial charge in [0.05, 0.1) is 18.4 Å². The number of carbonyl (C=O) groups excluding carboxylic acids is 2. The minimum absolute atomic E-state index is 0.0476. The third-order valence-corrected chi connectivity index (χ3v) is 4.14. The summed E-state index contributed by atoms with van der Waals surface area (Å²) in [7, 11) is 1.78. The molecule has 0 aromatic carbocycles. The molecule has 20 heavy (non-hydrogen) atoms.